The van der Waals surface area contributed by atoms with Crippen LogP contribution in [0.25, 0.3) is 0 Å². The molecule has 18 heavy (non-hydrogen) atoms. The van der Waals surface area contributed by atoms with Crippen LogP contribution in [-0.2, 0) is 0 Å². The van der Waals surface area contributed by atoms with Crippen LogP contribution < -0.4 is 5.32 Å². The Hall–Kier alpha value is -2.18. The van der Waals surface area contributed by atoms with E-state index in [9.17, 15) is 14.9 Å². The summed E-state index contributed by atoms with van der Waals surface area (Å²) >= 11 is 0. The average molecular weight is 253 g/mol. The topological polar surface area (TPSA) is 105 Å². The lowest BCUT2D eigenvalue weighted by Gasteiger charge is -2.13. The number of carboxylic acids is 1. The molecule has 1 rings (SSSR count). The molecule has 0 saturated heterocycles. The molecule has 98 valence electrons. The summed E-state index contributed by atoms with van der Waals surface area (Å²) in [7, 11) is 0. The number of rotatable bonds is 6. The zero-order valence-electron chi connectivity index (χ0n) is 10.2. The lowest BCUT2D eigenvalue weighted by atomic mass is 10.2. The number of hydrogen-bond acceptors (Lipinski definition) is 5. The summed E-state index contributed by atoms with van der Waals surface area (Å²) in [4.78, 5) is 24.8. The van der Waals surface area contributed by atoms with Gasteiger partial charge in [0.25, 0.3) is 0 Å². The minimum absolute atomic E-state index is 0.000787. The zero-order valence-corrected chi connectivity index (χ0v) is 10.2. The molecule has 1 heterocycles. The van der Waals surface area contributed by atoms with E-state index >= 15 is 0 Å². The first kappa shape index (κ1) is 13.9. The van der Waals surface area contributed by atoms with Gasteiger partial charge in [-0.15, -0.1) is 0 Å². The van der Waals surface area contributed by atoms with E-state index in [4.69, 9.17) is 5.11 Å². The van der Waals surface area contributed by atoms with Crippen molar-refractivity contribution in [3.63, 3.8) is 0 Å². The van der Waals surface area contributed by atoms with E-state index in [-0.39, 0.29) is 23.2 Å². The summed E-state index contributed by atoms with van der Waals surface area (Å²) in [5.41, 5.74) is -0.435. The van der Waals surface area contributed by atoms with Crippen molar-refractivity contribution in [1.82, 2.24) is 4.98 Å². The standard InChI is InChI=1S/C11H15N3O4/c1-3-4-7(2)12-10-9(14(17)18)6-5-8(13-10)11(15)16/h5-7H,3-4H2,1-2H3,(H,12,13)(H,15,16). The average Bonchev–Trinajstić information content (AvgIpc) is 2.28. The summed E-state index contributed by atoms with van der Waals surface area (Å²) < 4.78 is 0. The van der Waals surface area contributed by atoms with Gasteiger partial charge in [0.2, 0.25) is 5.82 Å². The van der Waals surface area contributed by atoms with Crippen LogP contribution in [0, 0.1) is 10.1 Å². The second-order valence-corrected chi connectivity index (χ2v) is 3.96. The van der Waals surface area contributed by atoms with Gasteiger partial charge in [0.15, 0.2) is 5.69 Å². The van der Waals surface area contributed by atoms with Gasteiger partial charge in [-0.2, -0.15) is 0 Å². The number of aromatic carboxylic acids is 1. The fourth-order valence-corrected chi connectivity index (χ4v) is 1.56. The summed E-state index contributed by atoms with van der Waals surface area (Å²) in [5, 5.41) is 22.5. The molecule has 0 spiro atoms. The number of nitrogens with one attached hydrogen (secondary N) is 1. The van der Waals surface area contributed by atoms with Crippen LogP contribution in [0.3, 0.4) is 0 Å². The van der Waals surface area contributed by atoms with E-state index in [1.54, 1.807) is 0 Å². The van der Waals surface area contributed by atoms with Crippen LogP contribution in [0.15, 0.2) is 12.1 Å². The van der Waals surface area contributed by atoms with Gasteiger partial charge < -0.3 is 10.4 Å². The monoisotopic (exact) mass is 253 g/mol. The van der Waals surface area contributed by atoms with Crippen molar-refractivity contribution in [3.05, 3.63) is 27.9 Å². The van der Waals surface area contributed by atoms with Crippen LogP contribution in [0.4, 0.5) is 11.5 Å². The van der Waals surface area contributed by atoms with Gasteiger partial charge in [0.05, 0.1) is 4.92 Å². The number of aromatic nitrogens is 1. The predicted molar refractivity (Wildman–Crippen MR) is 65.8 cm³/mol. The minimum atomic E-state index is -1.21. The molecule has 7 heteroatoms. The summed E-state index contributed by atoms with van der Waals surface area (Å²) in [5.74, 6) is -1.21. The Morgan fingerprint density at radius 3 is 2.78 bits per heavy atom. The molecule has 2 N–H and O–H groups in total. The number of hydrogen-bond donors (Lipinski definition) is 2. The Balaban J connectivity index is 3.07. The Bertz CT molecular complexity index is 462. The Labute approximate surface area is 104 Å². The van der Waals surface area contributed by atoms with Crippen molar-refractivity contribution in [2.45, 2.75) is 32.7 Å². The highest BCUT2D eigenvalue weighted by atomic mass is 16.6. The van der Waals surface area contributed by atoms with E-state index in [0.717, 1.165) is 25.0 Å². The summed E-state index contributed by atoms with van der Waals surface area (Å²) in [6, 6.07) is 2.26. The lowest BCUT2D eigenvalue weighted by molar-refractivity contribution is -0.384. The smallest absolute Gasteiger partial charge is 0.354 e. The maximum atomic E-state index is 10.8. The number of nitro groups is 1. The normalized spacial score (nSPS) is 11.9. The van der Waals surface area contributed by atoms with E-state index in [0.29, 0.717) is 0 Å². The van der Waals surface area contributed by atoms with Gasteiger partial charge in [-0.25, -0.2) is 9.78 Å². The van der Waals surface area contributed by atoms with Crippen molar-refractivity contribution in [2.24, 2.45) is 0 Å². The summed E-state index contributed by atoms with van der Waals surface area (Å²) in [6.07, 6.45) is 1.73. The molecule has 0 amide bonds. The van der Waals surface area contributed by atoms with Gasteiger partial charge in [-0.3, -0.25) is 10.1 Å². The van der Waals surface area contributed by atoms with E-state index in [1.165, 1.54) is 0 Å². The molecule has 0 radical (unpaired) electrons. The van der Waals surface area contributed by atoms with Crippen LogP contribution in [0.2, 0.25) is 0 Å². The molecular formula is C11H15N3O4. The van der Waals surface area contributed by atoms with Gasteiger partial charge in [0, 0.05) is 12.1 Å². The highest BCUT2D eigenvalue weighted by Gasteiger charge is 2.19. The third kappa shape index (κ3) is 3.41. The molecule has 0 aliphatic heterocycles. The molecule has 1 aromatic rings. The first-order chi connectivity index (χ1) is 8.45. The number of carbonyl (C=O) groups is 1. The fourth-order valence-electron chi connectivity index (χ4n) is 1.56. The van der Waals surface area contributed by atoms with E-state index in [1.807, 2.05) is 13.8 Å². The predicted octanol–water partition coefficient (Wildman–Crippen LogP) is 2.29. The second kappa shape index (κ2) is 5.95. The molecule has 1 aromatic heterocycles. The maximum Gasteiger partial charge on any atom is 0.354 e. The Kier molecular flexibility index (Phi) is 4.59. The lowest BCUT2D eigenvalue weighted by Crippen LogP contribution is -2.17. The molecule has 0 saturated carbocycles. The highest BCUT2D eigenvalue weighted by Crippen LogP contribution is 2.23. The molecule has 1 atom stereocenters. The molecule has 0 fully saturated rings. The Morgan fingerprint density at radius 1 is 1.61 bits per heavy atom. The quantitative estimate of drug-likeness (QED) is 0.595. The van der Waals surface area contributed by atoms with Crippen LogP contribution in [-0.4, -0.2) is 27.0 Å². The van der Waals surface area contributed by atoms with Crippen LogP contribution in [0.5, 0.6) is 0 Å². The second-order valence-electron chi connectivity index (χ2n) is 3.96. The Morgan fingerprint density at radius 2 is 2.28 bits per heavy atom. The highest BCUT2D eigenvalue weighted by molar-refractivity contribution is 5.86. The molecule has 0 aliphatic carbocycles. The molecule has 1 unspecified atom stereocenters. The van der Waals surface area contributed by atoms with Crippen molar-refractivity contribution in [3.8, 4) is 0 Å². The fraction of sp³-hybridized carbons (Fsp3) is 0.455. The number of pyridine rings is 1. The largest absolute Gasteiger partial charge is 0.477 e. The van der Waals surface area contributed by atoms with Gasteiger partial charge in [-0.1, -0.05) is 13.3 Å². The maximum absolute atomic E-state index is 10.8. The molecule has 0 bridgehead atoms. The van der Waals surface area contributed by atoms with E-state index < -0.39 is 10.9 Å². The summed E-state index contributed by atoms with van der Waals surface area (Å²) in [6.45, 7) is 3.86. The van der Waals surface area contributed by atoms with E-state index in [2.05, 4.69) is 10.3 Å². The SMILES string of the molecule is CCCC(C)Nc1nc(C(=O)O)ccc1[N+](=O)[O-]. The molecular weight excluding hydrogens is 238 g/mol. The van der Waals surface area contributed by atoms with Crippen LogP contribution in [0.1, 0.15) is 37.2 Å². The van der Waals surface area contributed by atoms with Crippen molar-refractivity contribution >= 4 is 17.5 Å². The molecule has 0 aliphatic rings. The van der Waals surface area contributed by atoms with Crippen LogP contribution >= 0.6 is 0 Å². The molecule has 0 aromatic carbocycles. The van der Waals surface area contributed by atoms with Crippen molar-refractivity contribution < 1.29 is 14.8 Å². The first-order valence-corrected chi connectivity index (χ1v) is 5.61. The molecule has 7 nitrogen and oxygen atoms in total. The van der Waals surface area contributed by atoms with Gasteiger partial charge in [-0.05, 0) is 19.4 Å². The third-order valence-electron chi connectivity index (χ3n) is 2.39. The number of carboxylic acid groups (broad SMARTS) is 1. The minimum Gasteiger partial charge on any atom is -0.477 e. The third-order valence-corrected chi connectivity index (χ3v) is 2.39. The number of anilines is 1. The zero-order chi connectivity index (χ0) is 13.7. The van der Waals surface area contributed by atoms with Gasteiger partial charge in [0.1, 0.15) is 0 Å². The van der Waals surface area contributed by atoms with Crippen molar-refractivity contribution in [1.29, 1.82) is 0 Å². The van der Waals surface area contributed by atoms with Crippen molar-refractivity contribution in [2.75, 3.05) is 5.32 Å². The number of nitrogens with zero attached hydrogens (tertiary/aromatic N) is 2. The first-order valence-electron chi connectivity index (χ1n) is 5.61. The van der Waals surface area contributed by atoms with Gasteiger partial charge >= 0.3 is 11.7 Å².